The van der Waals surface area contributed by atoms with Crippen molar-refractivity contribution in [2.75, 3.05) is 57.4 Å². The van der Waals surface area contributed by atoms with Crippen molar-refractivity contribution < 1.29 is 19.1 Å². The highest BCUT2D eigenvalue weighted by molar-refractivity contribution is 6.30. The summed E-state index contributed by atoms with van der Waals surface area (Å²) >= 11 is 6.27. The first-order chi connectivity index (χ1) is 18.9. The van der Waals surface area contributed by atoms with E-state index in [-0.39, 0.29) is 22.8 Å². The van der Waals surface area contributed by atoms with Crippen LogP contribution in [-0.2, 0) is 9.53 Å². The third-order valence-corrected chi connectivity index (χ3v) is 8.01. The van der Waals surface area contributed by atoms with Gasteiger partial charge in [0.15, 0.2) is 11.5 Å². The molecule has 204 valence electrons. The number of rotatable bonds is 6. The van der Waals surface area contributed by atoms with E-state index >= 15 is 0 Å². The Kier molecular flexibility index (Phi) is 6.92. The third-order valence-electron chi connectivity index (χ3n) is 7.77. The van der Waals surface area contributed by atoms with Gasteiger partial charge in [0.25, 0.3) is 5.91 Å². The molecule has 0 spiro atoms. The highest BCUT2D eigenvalue weighted by Gasteiger charge is 2.28. The van der Waals surface area contributed by atoms with Crippen molar-refractivity contribution in [3.63, 3.8) is 0 Å². The lowest BCUT2D eigenvalue weighted by Gasteiger charge is -2.33. The average molecular weight is 552 g/mol. The summed E-state index contributed by atoms with van der Waals surface area (Å²) in [6, 6.07) is 8.99. The summed E-state index contributed by atoms with van der Waals surface area (Å²) in [6.45, 7) is 5.35. The summed E-state index contributed by atoms with van der Waals surface area (Å²) in [5.41, 5.74) is 7.29. The fraction of sp³-hybridized carbons (Fsp3) is 0.393. The molecule has 6 rings (SSSR count). The molecule has 0 saturated carbocycles. The molecule has 0 unspecified atom stereocenters. The van der Waals surface area contributed by atoms with Crippen molar-refractivity contribution in [3.05, 3.63) is 57.3 Å². The van der Waals surface area contributed by atoms with Crippen molar-refractivity contribution in [1.82, 2.24) is 14.8 Å². The SMILES string of the molecule is NC(=O)C1CCN(c2cc3c4c(c2)c(=O)c(C(=O)NCCN2CCOCC2)cn4-c2ccc(Cl)cc2O3)CC1. The van der Waals surface area contributed by atoms with Gasteiger partial charge in [-0.05, 0) is 31.0 Å². The molecule has 0 atom stereocenters. The van der Waals surface area contributed by atoms with Gasteiger partial charge in [0, 0.05) is 74.2 Å². The fourth-order valence-electron chi connectivity index (χ4n) is 5.58. The Morgan fingerprint density at radius 1 is 1.05 bits per heavy atom. The van der Waals surface area contributed by atoms with E-state index in [1.165, 1.54) is 0 Å². The van der Waals surface area contributed by atoms with E-state index in [2.05, 4.69) is 15.1 Å². The molecule has 2 aromatic carbocycles. The number of fused-ring (bicyclic) bond motifs is 2. The van der Waals surface area contributed by atoms with Crippen molar-refractivity contribution in [3.8, 4) is 17.2 Å². The van der Waals surface area contributed by atoms with Crippen LogP contribution in [0.25, 0.3) is 16.6 Å². The zero-order valence-corrected chi connectivity index (χ0v) is 22.2. The lowest BCUT2D eigenvalue weighted by molar-refractivity contribution is -0.122. The van der Waals surface area contributed by atoms with Gasteiger partial charge in [-0.15, -0.1) is 0 Å². The van der Waals surface area contributed by atoms with Crippen LogP contribution in [0.2, 0.25) is 5.02 Å². The van der Waals surface area contributed by atoms with Gasteiger partial charge in [0.1, 0.15) is 11.1 Å². The Morgan fingerprint density at radius 2 is 1.82 bits per heavy atom. The van der Waals surface area contributed by atoms with Crippen LogP contribution in [0.15, 0.2) is 41.3 Å². The molecule has 10 nitrogen and oxygen atoms in total. The lowest BCUT2D eigenvalue weighted by atomic mass is 9.95. The Hall–Kier alpha value is -3.60. The van der Waals surface area contributed by atoms with Crippen molar-refractivity contribution in [2.45, 2.75) is 12.8 Å². The molecular formula is C28H30ClN5O5. The summed E-state index contributed by atoms with van der Waals surface area (Å²) in [7, 11) is 0. The van der Waals surface area contributed by atoms with Crippen LogP contribution in [0.1, 0.15) is 23.2 Å². The minimum atomic E-state index is -0.421. The van der Waals surface area contributed by atoms with Crippen LogP contribution in [-0.4, -0.2) is 73.8 Å². The molecule has 3 aliphatic heterocycles. The molecule has 39 heavy (non-hydrogen) atoms. The molecule has 3 N–H and O–H groups in total. The second kappa shape index (κ2) is 10.5. The number of carbonyl (C=O) groups excluding carboxylic acids is 2. The Labute approximate surface area is 230 Å². The molecule has 2 fully saturated rings. The molecule has 4 heterocycles. The van der Waals surface area contributed by atoms with Gasteiger partial charge < -0.3 is 30.0 Å². The number of hydrogen-bond donors (Lipinski definition) is 2. The number of nitrogens with two attached hydrogens (primary N) is 1. The maximum absolute atomic E-state index is 13.8. The largest absolute Gasteiger partial charge is 0.453 e. The number of aromatic nitrogens is 1. The standard InChI is InChI=1S/C28H30ClN5O5/c29-18-1-2-22-23(13-18)39-24-15-19(33-6-3-17(4-7-33)27(30)36)14-20-25(24)34(22)16-21(26(20)35)28(37)31-5-8-32-9-11-38-12-10-32/h1-2,13-17H,3-12H2,(H2,30,36)(H,31,37). The number of carbonyl (C=O) groups is 2. The predicted octanol–water partition coefficient (Wildman–Crippen LogP) is 2.51. The van der Waals surface area contributed by atoms with Crippen molar-refractivity contribution in [2.24, 2.45) is 11.7 Å². The topological polar surface area (TPSA) is 119 Å². The second-order valence-corrected chi connectivity index (χ2v) is 10.6. The van der Waals surface area contributed by atoms with Gasteiger partial charge in [0.2, 0.25) is 11.3 Å². The van der Waals surface area contributed by atoms with Gasteiger partial charge >= 0.3 is 0 Å². The van der Waals surface area contributed by atoms with Gasteiger partial charge in [-0.2, -0.15) is 0 Å². The smallest absolute Gasteiger partial charge is 0.256 e. The Balaban J connectivity index is 1.38. The molecule has 0 radical (unpaired) electrons. The van der Waals surface area contributed by atoms with E-state index in [0.29, 0.717) is 85.3 Å². The zero-order chi connectivity index (χ0) is 27.1. The number of nitrogens with one attached hydrogen (secondary N) is 1. The van der Waals surface area contributed by atoms with Gasteiger partial charge in [0.05, 0.1) is 24.3 Å². The summed E-state index contributed by atoms with van der Waals surface area (Å²) in [6.07, 6.45) is 2.86. The number of pyridine rings is 1. The number of morpholine rings is 1. The van der Waals surface area contributed by atoms with E-state index < -0.39 is 5.91 Å². The van der Waals surface area contributed by atoms with Gasteiger partial charge in [-0.3, -0.25) is 19.3 Å². The Morgan fingerprint density at radius 3 is 2.56 bits per heavy atom. The van der Waals surface area contributed by atoms with Crippen LogP contribution in [0, 0.1) is 5.92 Å². The number of anilines is 1. The van der Waals surface area contributed by atoms with Crippen LogP contribution >= 0.6 is 11.6 Å². The molecular weight excluding hydrogens is 522 g/mol. The van der Waals surface area contributed by atoms with Crippen molar-refractivity contribution >= 4 is 40.0 Å². The molecule has 0 bridgehead atoms. The highest BCUT2D eigenvalue weighted by Crippen LogP contribution is 2.43. The molecule has 3 aliphatic rings. The number of halogens is 1. The molecule has 2 saturated heterocycles. The average Bonchev–Trinajstić information content (AvgIpc) is 2.94. The number of piperidine rings is 1. The third kappa shape index (κ3) is 4.95. The van der Waals surface area contributed by atoms with E-state index in [4.69, 9.17) is 26.8 Å². The van der Waals surface area contributed by atoms with E-state index in [0.717, 1.165) is 18.8 Å². The number of primary amides is 1. The summed E-state index contributed by atoms with van der Waals surface area (Å²) in [4.78, 5) is 43.1. The van der Waals surface area contributed by atoms with Crippen LogP contribution in [0.3, 0.4) is 0 Å². The van der Waals surface area contributed by atoms with Gasteiger partial charge in [-0.25, -0.2) is 0 Å². The van der Waals surface area contributed by atoms with Crippen LogP contribution in [0.4, 0.5) is 5.69 Å². The first-order valence-electron chi connectivity index (χ1n) is 13.2. The van der Waals surface area contributed by atoms with E-state index in [1.807, 2.05) is 22.8 Å². The normalized spacial score (nSPS) is 17.5. The number of ether oxygens (including phenoxy) is 2. The number of benzene rings is 2. The molecule has 3 aromatic rings. The number of hydrogen-bond acceptors (Lipinski definition) is 7. The van der Waals surface area contributed by atoms with Crippen LogP contribution in [0.5, 0.6) is 11.5 Å². The van der Waals surface area contributed by atoms with Gasteiger partial charge in [-0.1, -0.05) is 11.6 Å². The lowest BCUT2D eigenvalue weighted by Crippen LogP contribution is -2.42. The summed E-state index contributed by atoms with van der Waals surface area (Å²) in [5.74, 6) is 0.173. The van der Waals surface area contributed by atoms with E-state index in [9.17, 15) is 14.4 Å². The molecule has 0 aliphatic carbocycles. The number of nitrogens with zero attached hydrogens (tertiary/aromatic N) is 3. The summed E-state index contributed by atoms with van der Waals surface area (Å²) < 4.78 is 13.5. The summed E-state index contributed by atoms with van der Waals surface area (Å²) in [5, 5.41) is 3.82. The first kappa shape index (κ1) is 25.7. The minimum Gasteiger partial charge on any atom is -0.453 e. The molecule has 2 amide bonds. The number of amides is 2. The maximum atomic E-state index is 13.8. The quantitative estimate of drug-likeness (QED) is 0.378. The van der Waals surface area contributed by atoms with E-state index in [1.54, 1.807) is 18.3 Å². The first-order valence-corrected chi connectivity index (χ1v) is 13.6. The van der Waals surface area contributed by atoms with Crippen molar-refractivity contribution in [1.29, 1.82) is 0 Å². The predicted molar refractivity (Wildman–Crippen MR) is 148 cm³/mol. The minimum absolute atomic E-state index is 0.0582. The highest BCUT2D eigenvalue weighted by atomic mass is 35.5. The molecule has 1 aromatic heterocycles. The van der Waals surface area contributed by atoms with Crippen LogP contribution < -0.4 is 26.1 Å². The Bertz CT molecular complexity index is 1510. The fourth-order valence-corrected chi connectivity index (χ4v) is 5.74. The monoisotopic (exact) mass is 551 g/mol. The second-order valence-electron chi connectivity index (χ2n) is 10.2. The maximum Gasteiger partial charge on any atom is 0.256 e. The molecule has 11 heteroatoms. The zero-order valence-electron chi connectivity index (χ0n) is 21.5.